The first-order valence-corrected chi connectivity index (χ1v) is 8.12. The molecule has 1 atom stereocenters. The first-order chi connectivity index (χ1) is 11.7. The summed E-state index contributed by atoms with van der Waals surface area (Å²) in [4.78, 5) is 29.5. The Bertz CT molecular complexity index is 990. The van der Waals surface area contributed by atoms with Crippen LogP contribution in [0.2, 0.25) is 0 Å². The molecule has 1 aliphatic carbocycles. The van der Waals surface area contributed by atoms with Crippen molar-refractivity contribution in [2.75, 3.05) is 7.05 Å². The van der Waals surface area contributed by atoms with Crippen LogP contribution in [0.5, 0.6) is 0 Å². The SMILES string of the molecule is CN(C(=O)c1c[nH]c(=O)c2ccccc12)[C@H]1CCc2ccccc21. The molecule has 0 unspecified atom stereocenters. The van der Waals surface area contributed by atoms with Gasteiger partial charge in [-0.25, -0.2) is 0 Å². The zero-order valence-electron chi connectivity index (χ0n) is 13.5. The second-order valence-electron chi connectivity index (χ2n) is 6.25. The van der Waals surface area contributed by atoms with Crippen molar-refractivity contribution in [2.24, 2.45) is 0 Å². The maximum absolute atomic E-state index is 13.1. The number of nitrogens with zero attached hydrogens (tertiary/aromatic N) is 1. The number of hydrogen-bond donors (Lipinski definition) is 1. The van der Waals surface area contributed by atoms with Crippen molar-refractivity contribution in [3.63, 3.8) is 0 Å². The Morgan fingerprint density at radius 2 is 1.79 bits per heavy atom. The van der Waals surface area contributed by atoms with E-state index in [9.17, 15) is 9.59 Å². The van der Waals surface area contributed by atoms with Gasteiger partial charge in [0.05, 0.1) is 11.6 Å². The van der Waals surface area contributed by atoms with Crippen molar-refractivity contribution < 1.29 is 4.79 Å². The molecule has 24 heavy (non-hydrogen) atoms. The van der Waals surface area contributed by atoms with Crippen LogP contribution in [0, 0.1) is 0 Å². The summed E-state index contributed by atoms with van der Waals surface area (Å²) in [6, 6.07) is 15.6. The number of carbonyl (C=O) groups excluding carboxylic acids is 1. The number of aromatic amines is 1. The summed E-state index contributed by atoms with van der Waals surface area (Å²) in [5.74, 6) is -0.0656. The molecule has 0 bridgehead atoms. The average Bonchev–Trinajstić information content (AvgIpc) is 3.05. The number of carbonyl (C=O) groups is 1. The largest absolute Gasteiger partial charge is 0.335 e. The molecule has 120 valence electrons. The number of pyridine rings is 1. The topological polar surface area (TPSA) is 53.2 Å². The summed E-state index contributed by atoms with van der Waals surface area (Å²) in [5, 5.41) is 1.24. The van der Waals surface area contributed by atoms with Gasteiger partial charge in [-0.1, -0.05) is 42.5 Å². The van der Waals surface area contributed by atoms with Crippen LogP contribution < -0.4 is 5.56 Å². The number of benzene rings is 2. The second kappa shape index (κ2) is 5.64. The van der Waals surface area contributed by atoms with E-state index in [4.69, 9.17) is 0 Å². The standard InChI is InChI=1S/C20H18N2O2/c1-22(18-11-10-13-6-2-3-7-14(13)18)20(24)17-12-21-19(23)16-9-5-4-8-15(16)17/h2-9,12,18H,10-11H2,1H3,(H,21,23)/t18-/m0/s1. The number of H-pyrrole nitrogens is 1. The van der Waals surface area contributed by atoms with E-state index in [1.165, 1.54) is 17.3 Å². The number of amides is 1. The highest BCUT2D eigenvalue weighted by atomic mass is 16.2. The van der Waals surface area contributed by atoms with Gasteiger partial charge in [-0.2, -0.15) is 0 Å². The summed E-state index contributed by atoms with van der Waals surface area (Å²) in [6.07, 6.45) is 3.46. The second-order valence-corrected chi connectivity index (χ2v) is 6.25. The lowest BCUT2D eigenvalue weighted by atomic mass is 10.0. The Labute approximate surface area is 139 Å². The normalized spacial score (nSPS) is 16.1. The molecule has 1 heterocycles. The van der Waals surface area contributed by atoms with Crippen LogP contribution in [-0.4, -0.2) is 22.8 Å². The van der Waals surface area contributed by atoms with E-state index in [1.807, 2.05) is 37.4 Å². The predicted octanol–water partition coefficient (Wildman–Crippen LogP) is 3.29. The van der Waals surface area contributed by atoms with Gasteiger partial charge in [-0.05, 0) is 30.0 Å². The summed E-state index contributed by atoms with van der Waals surface area (Å²) in [6.45, 7) is 0. The van der Waals surface area contributed by atoms with Gasteiger partial charge >= 0.3 is 0 Å². The van der Waals surface area contributed by atoms with Crippen molar-refractivity contribution in [3.8, 4) is 0 Å². The molecule has 0 saturated carbocycles. The quantitative estimate of drug-likeness (QED) is 0.788. The molecule has 0 fully saturated rings. The highest BCUT2D eigenvalue weighted by molar-refractivity contribution is 6.06. The van der Waals surface area contributed by atoms with Crippen molar-refractivity contribution >= 4 is 16.7 Å². The van der Waals surface area contributed by atoms with E-state index in [0.717, 1.165) is 12.8 Å². The fraction of sp³-hybridized carbons (Fsp3) is 0.200. The Kier molecular flexibility index (Phi) is 3.45. The van der Waals surface area contributed by atoms with Gasteiger partial charge in [0.25, 0.3) is 11.5 Å². The fourth-order valence-electron chi connectivity index (χ4n) is 3.65. The summed E-state index contributed by atoms with van der Waals surface area (Å²) in [7, 11) is 1.84. The number of hydrogen-bond acceptors (Lipinski definition) is 2. The highest BCUT2D eigenvalue weighted by Crippen LogP contribution is 2.35. The van der Waals surface area contributed by atoms with E-state index < -0.39 is 0 Å². The molecule has 1 aromatic heterocycles. The van der Waals surface area contributed by atoms with Gasteiger partial charge in [-0.3, -0.25) is 9.59 Å². The Morgan fingerprint density at radius 1 is 1.08 bits per heavy atom. The summed E-state index contributed by atoms with van der Waals surface area (Å²) >= 11 is 0. The lowest BCUT2D eigenvalue weighted by Gasteiger charge is -2.26. The zero-order chi connectivity index (χ0) is 16.7. The molecule has 1 aliphatic rings. The highest BCUT2D eigenvalue weighted by Gasteiger charge is 2.29. The van der Waals surface area contributed by atoms with Crippen molar-refractivity contribution in [1.29, 1.82) is 0 Å². The predicted molar refractivity (Wildman–Crippen MR) is 94.2 cm³/mol. The Morgan fingerprint density at radius 3 is 2.62 bits per heavy atom. The monoisotopic (exact) mass is 318 g/mol. The maximum atomic E-state index is 13.1. The molecule has 3 aromatic rings. The number of rotatable bonds is 2. The van der Waals surface area contributed by atoms with Gasteiger partial charge in [-0.15, -0.1) is 0 Å². The maximum Gasteiger partial charge on any atom is 0.256 e. The van der Waals surface area contributed by atoms with Crippen molar-refractivity contribution in [3.05, 3.63) is 81.8 Å². The van der Waals surface area contributed by atoms with Gasteiger partial charge in [0.1, 0.15) is 0 Å². The number of nitrogens with one attached hydrogen (secondary N) is 1. The minimum atomic E-state index is -0.170. The third-order valence-electron chi connectivity index (χ3n) is 4.93. The number of aromatic nitrogens is 1. The Balaban J connectivity index is 1.75. The molecule has 0 saturated heterocycles. The van der Waals surface area contributed by atoms with Gasteiger partial charge in [0.15, 0.2) is 0 Å². The minimum absolute atomic E-state index is 0.0656. The molecule has 0 radical (unpaired) electrons. The van der Waals surface area contributed by atoms with Crippen LogP contribution in [0.4, 0.5) is 0 Å². The molecule has 4 heteroatoms. The van der Waals surface area contributed by atoms with Crippen LogP contribution in [0.25, 0.3) is 10.8 Å². The van der Waals surface area contributed by atoms with E-state index in [1.54, 1.807) is 11.0 Å². The molecule has 1 amide bonds. The molecule has 4 nitrogen and oxygen atoms in total. The third-order valence-corrected chi connectivity index (χ3v) is 4.93. The van der Waals surface area contributed by atoms with Gasteiger partial charge in [0.2, 0.25) is 0 Å². The smallest absolute Gasteiger partial charge is 0.256 e. The van der Waals surface area contributed by atoms with Crippen LogP contribution in [0.3, 0.4) is 0 Å². The Hall–Kier alpha value is -2.88. The van der Waals surface area contributed by atoms with E-state index >= 15 is 0 Å². The molecule has 4 rings (SSSR count). The molecular formula is C20H18N2O2. The summed E-state index contributed by atoms with van der Waals surface area (Å²) in [5.41, 5.74) is 2.91. The van der Waals surface area contributed by atoms with E-state index in [-0.39, 0.29) is 17.5 Å². The fourth-order valence-corrected chi connectivity index (χ4v) is 3.65. The molecule has 0 spiro atoms. The minimum Gasteiger partial charge on any atom is -0.335 e. The average molecular weight is 318 g/mol. The zero-order valence-corrected chi connectivity index (χ0v) is 13.5. The lowest BCUT2D eigenvalue weighted by molar-refractivity contribution is 0.0732. The van der Waals surface area contributed by atoms with Gasteiger partial charge in [0, 0.05) is 24.0 Å². The molecular weight excluding hydrogens is 300 g/mol. The summed E-state index contributed by atoms with van der Waals surface area (Å²) < 4.78 is 0. The van der Waals surface area contributed by atoms with Crippen LogP contribution in [-0.2, 0) is 6.42 Å². The first kappa shape index (κ1) is 14.7. The molecule has 0 aliphatic heterocycles. The van der Waals surface area contributed by atoms with Crippen LogP contribution in [0.15, 0.2) is 59.5 Å². The number of fused-ring (bicyclic) bond motifs is 2. The van der Waals surface area contributed by atoms with E-state index in [0.29, 0.717) is 16.3 Å². The van der Waals surface area contributed by atoms with Crippen molar-refractivity contribution in [1.82, 2.24) is 9.88 Å². The molecule has 1 N–H and O–H groups in total. The van der Waals surface area contributed by atoms with Gasteiger partial charge < -0.3 is 9.88 Å². The van der Waals surface area contributed by atoms with E-state index in [2.05, 4.69) is 17.1 Å². The van der Waals surface area contributed by atoms with Crippen LogP contribution in [0.1, 0.15) is 33.9 Å². The third kappa shape index (κ3) is 2.22. The van der Waals surface area contributed by atoms with Crippen LogP contribution >= 0.6 is 0 Å². The first-order valence-electron chi connectivity index (χ1n) is 8.12. The van der Waals surface area contributed by atoms with Crippen molar-refractivity contribution in [2.45, 2.75) is 18.9 Å². The lowest BCUT2D eigenvalue weighted by Crippen LogP contribution is -2.30. The molecule has 2 aromatic carbocycles. The number of aryl methyl sites for hydroxylation is 1.